The van der Waals surface area contributed by atoms with E-state index in [1.807, 2.05) is 0 Å². The Morgan fingerprint density at radius 2 is 2.12 bits per heavy atom. The Morgan fingerprint density at radius 1 is 1.42 bits per heavy atom. The number of nitrogens with zero attached hydrogens (tertiary/aromatic N) is 3. The lowest BCUT2D eigenvalue weighted by Gasteiger charge is -2.20. The Kier molecular flexibility index (Phi) is 6.22. The lowest BCUT2D eigenvalue weighted by molar-refractivity contribution is -0.132. The average Bonchev–Trinajstić information content (AvgIpc) is 2.93. The highest BCUT2D eigenvalue weighted by molar-refractivity contribution is 8.14. The quantitative estimate of drug-likeness (QED) is 0.840. The van der Waals surface area contributed by atoms with Crippen LogP contribution in [0.1, 0.15) is 0 Å². The monoisotopic (exact) mass is 368 g/mol. The summed E-state index contributed by atoms with van der Waals surface area (Å²) in [5.41, 5.74) is 0.541. The van der Waals surface area contributed by atoms with E-state index in [1.54, 1.807) is 31.3 Å². The summed E-state index contributed by atoms with van der Waals surface area (Å²) in [5.74, 6) is -0.607. The predicted molar refractivity (Wildman–Crippen MR) is 95.4 cm³/mol. The van der Waals surface area contributed by atoms with Crippen LogP contribution in [0.4, 0.5) is 5.69 Å². The number of halogens is 1. The fraction of sp³-hybridized carbons (Fsp3) is 0.333. The second-order valence-electron chi connectivity index (χ2n) is 4.99. The molecule has 0 atom stereocenters. The molecule has 1 aromatic carbocycles. The molecule has 0 aliphatic carbocycles. The van der Waals surface area contributed by atoms with Crippen molar-refractivity contribution in [2.24, 2.45) is 4.99 Å². The van der Waals surface area contributed by atoms with Crippen molar-refractivity contribution >= 4 is 51.9 Å². The first-order valence-corrected chi connectivity index (χ1v) is 8.49. The van der Waals surface area contributed by atoms with Crippen molar-refractivity contribution in [1.82, 2.24) is 10.2 Å². The lowest BCUT2D eigenvalue weighted by Crippen LogP contribution is -2.38. The van der Waals surface area contributed by atoms with Gasteiger partial charge in [-0.15, -0.1) is 0 Å². The normalized spacial score (nSPS) is 13.7. The molecule has 24 heavy (non-hydrogen) atoms. The van der Waals surface area contributed by atoms with Crippen molar-refractivity contribution in [3.05, 3.63) is 29.3 Å². The minimum absolute atomic E-state index is 0.0183. The number of nitrogens with one attached hydrogen (secondary N) is 1. The van der Waals surface area contributed by atoms with Crippen LogP contribution in [0, 0.1) is 0 Å². The van der Waals surface area contributed by atoms with Crippen LogP contribution in [0.5, 0.6) is 0 Å². The van der Waals surface area contributed by atoms with Gasteiger partial charge in [0.05, 0.1) is 23.0 Å². The van der Waals surface area contributed by atoms with Gasteiger partial charge < -0.3 is 10.2 Å². The number of carbonyl (C=O) groups is 3. The van der Waals surface area contributed by atoms with Gasteiger partial charge in [0.2, 0.25) is 11.8 Å². The molecule has 1 aromatic rings. The van der Waals surface area contributed by atoms with E-state index in [9.17, 15) is 14.4 Å². The van der Waals surface area contributed by atoms with E-state index < -0.39 is 0 Å². The van der Waals surface area contributed by atoms with Crippen LogP contribution in [-0.2, 0) is 14.4 Å². The number of aliphatic imine (C=N–C) groups is 1. The molecule has 128 valence electrons. The maximum absolute atomic E-state index is 12.1. The Labute approximate surface area is 149 Å². The van der Waals surface area contributed by atoms with Gasteiger partial charge in [-0.2, -0.15) is 0 Å². The minimum Gasteiger partial charge on any atom is -0.358 e. The van der Waals surface area contributed by atoms with E-state index >= 15 is 0 Å². The molecule has 2 rings (SSSR count). The molecular formula is C15H17ClN4O3S. The van der Waals surface area contributed by atoms with E-state index in [1.165, 1.54) is 16.8 Å². The van der Waals surface area contributed by atoms with Crippen LogP contribution in [0.25, 0.3) is 0 Å². The minimum atomic E-state index is -0.248. The zero-order valence-corrected chi connectivity index (χ0v) is 14.9. The van der Waals surface area contributed by atoms with Crippen molar-refractivity contribution in [2.45, 2.75) is 0 Å². The maximum atomic E-state index is 12.1. The number of anilines is 1. The van der Waals surface area contributed by atoms with Gasteiger partial charge in [0.15, 0.2) is 5.17 Å². The molecule has 7 nitrogen and oxygen atoms in total. The van der Waals surface area contributed by atoms with Gasteiger partial charge in [0.1, 0.15) is 6.54 Å². The summed E-state index contributed by atoms with van der Waals surface area (Å²) in [6.07, 6.45) is 0. The zero-order valence-electron chi connectivity index (χ0n) is 13.3. The van der Waals surface area contributed by atoms with Gasteiger partial charge in [-0.3, -0.25) is 24.3 Å². The topological polar surface area (TPSA) is 82.1 Å². The molecule has 0 unspecified atom stereocenters. The molecule has 0 fully saturated rings. The molecule has 0 radical (unpaired) electrons. The van der Waals surface area contributed by atoms with Crippen molar-refractivity contribution in [3.8, 4) is 0 Å². The molecular weight excluding hydrogens is 352 g/mol. The van der Waals surface area contributed by atoms with E-state index in [-0.39, 0.29) is 36.6 Å². The number of likely N-dealkylation sites (N-methyl/N-ethyl adjacent to an activating group) is 2. The Hall–Kier alpha value is -2.06. The molecule has 0 spiro atoms. The molecule has 0 saturated carbocycles. The van der Waals surface area contributed by atoms with E-state index in [4.69, 9.17) is 11.6 Å². The van der Waals surface area contributed by atoms with Crippen LogP contribution in [0.3, 0.4) is 0 Å². The lowest BCUT2D eigenvalue weighted by atomic mass is 10.3. The second kappa shape index (κ2) is 8.16. The third-order valence-corrected chi connectivity index (χ3v) is 4.57. The van der Waals surface area contributed by atoms with Crippen LogP contribution < -0.4 is 10.2 Å². The fourth-order valence-electron chi connectivity index (χ4n) is 1.98. The molecule has 1 heterocycles. The number of amides is 3. The summed E-state index contributed by atoms with van der Waals surface area (Å²) in [4.78, 5) is 42.4. The van der Waals surface area contributed by atoms with Crippen molar-refractivity contribution in [2.75, 3.05) is 37.8 Å². The molecule has 9 heteroatoms. The number of carbonyl (C=O) groups excluding carboxylic acids is 3. The number of thioether (sulfide) groups is 1. The molecule has 0 saturated heterocycles. The number of benzene rings is 1. The van der Waals surface area contributed by atoms with Gasteiger partial charge in [0.25, 0.3) is 5.91 Å². The van der Waals surface area contributed by atoms with Gasteiger partial charge in [0, 0.05) is 14.1 Å². The van der Waals surface area contributed by atoms with Crippen LogP contribution in [0.15, 0.2) is 29.3 Å². The van der Waals surface area contributed by atoms with Gasteiger partial charge in [-0.25, -0.2) is 0 Å². The standard InChI is InChI=1S/C15H17ClN4O3S/c1-17-12(21)8-19(2)14(23)9-24-15-18-7-13(22)20(15)11-6-4-3-5-10(11)16/h3-6H,7-9H2,1-2H3,(H,17,21). The molecule has 0 bridgehead atoms. The van der Waals surface area contributed by atoms with E-state index in [0.717, 1.165) is 11.8 Å². The molecule has 1 aliphatic heterocycles. The van der Waals surface area contributed by atoms with Crippen LogP contribution in [-0.4, -0.2) is 60.7 Å². The number of hydrogen-bond acceptors (Lipinski definition) is 5. The molecule has 3 amide bonds. The smallest absolute Gasteiger partial charge is 0.254 e. The summed E-state index contributed by atoms with van der Waals surface area (Å²) in [5, 5.41) is 3.32. The molecule has 0 aromatic heterocycles. The van der Waals surface area contributed by atoms with Crippen molar-refractivity contribution in [1.29, 1.82) is 0 Å². The second-order valence-corrected chi connectivity index (χ2v) is 6.34. The first kappa shape index (κ1) is 18.3. The fourth-order valence-corrected chi connectivity index (χ4v) is 3.16. The predicted octanol–water partition coefficient (Wildman–Crippen LogP) is 0.980. The van der Waals surface area contributed by atoms with Crippen molar-refractivity contribution in [3.63, 3.8) is 0 Å². The Bertz CT molecular complexity index is 695. The Balaban J connectivity index is 2.01. The summed E-state index contributed by atoms with van der Waals surface area (Å²) < 4.78 is 0. The van der Waals surface area contributed by atoms with E-state index in [0.29, 0.717) is 15.9 Å². The Morgan fingerprint density at radius 3 is 2.79 bits per heavy atom. The highest BCUT2D eigenvalue weighted by Crippen LogP contribution is 2.30. The number of amidine groups is 1. The zero-order chi connectivity index (χ0) is 17.7. The highest BCUT2D eigenvalue weighted by Gasteiger charge is 2.29. The summed E-state index contributed by atoms with van der Waals surface area (Å²) >= 11 is 7.29. The summed E-state index contributed by atoms with van der Waals surface area (Å²) in [7, 11) is 3.06. The third kappa shape index (κ3) is 4.27. The van der Waals surface area contributed by atoms with Gasteiger partial charge >= 0.3 is 0 Å². The largest absolute Gasteiger partial charge is 0.358 e. The van der Waals surface area contributed by atoms with Gasteiger partial charge in [-0.1, -0.05) is 35.5 Å². The molecule has 1 aliphatic rings. The molecule has 1 N–H and O–H groups in total. The summed E-state index contributed by atoms with van der Waals surface area (Å²) in [6.45, 7) is 0.00531. The average molecular weight is 369 g/mol. The van der Waals surface area contributed by atoms with Crippen LogP contribution in [0.2, 0.25) is 5.02 Å². The SMILES string of the molecule is CNC(=O)CN(C)C(=O)CSC1=NCC(=O)N1c1ccccc1Cl. The van der Waals surface area contributed by atoms with E-state index in [2.05, 4.69) is 10.3 Å². The maximum Gasteiger partial charge on any atom is 0.254 e. The van der Waals surface area contributed by atoms with Crippen molar-refractivity contribution < 1.29 is 14.4 Å². The van der Waals surface area contributed by atoms with Crippen LogP contribution >= 0.6 is 23.4 Å². The van der Waals surface area contributed by atoms with Gasteiger partial charge in [-0.05, 0) is 12.1 Å². The third-order valence-electron chi connectivity index (χ3n) is 3.29. The number of rotatable bonds is 5. The number of para-hydroxylation sites is 1. The summed E-state index contributed by atoms with van der Waals surface area (Å²) in [6, 6.07) is 6.96. The first-order chi connectivity index (χ1) is 11.4. The highest BCUT2D eigenvalue weighted by atomic mass is 35.5. The number of hydrogen-bond donors (Lipinski definition) is 1. The first-order valence-electron chi connectivity index (χ1n) is 7.13.